The quantitative estimate of drug-likeness (QED) is 0.421. The average molecular weight is 535 g/mol. The molecule has 1 aromatic carbocycles. The van der Waals surface area contributed by atoms with Gasteiger partial charge in [-0.3, -0.25) is 4.79 Å². The molecule has 1 atom stereocenters. The van der Waals surface area contributed by atoms with Crippen LogP contribution in [0, 0.1) is 5.82 Å². The molecule has 0 saturated heterocycles. The Morgan fingerprint density at radius 1 is 1.06 bits per heavy atom. The van der Waals surface area contributed by atoms with E-state index in [0.717, 1.165) is 12.4 Å². The summed E-state index contributed by atoms with van der Waals surface area (Å²) in [4.78, 5) is 22.6. The molecule has 7 nitrogen and oxygen atoms in total. The van der Waals surface area contributed by atoms with Crippen molar-refractivity contribution >= 4 is 28.2 Å². The minimum absolute atomic E-state index is 0.0246. The minimum atomic E-state index is -5.18. The SMILES string of the molecule is COc1cc(F)ccc1-c1cc(Nc2cc(CS(C)=NC(=O)C(F)(F)F)cc(C(F)(F)F)n2)ncn1. The molecule has 3 rings (SSSR count). The van der Waals surface area contributed by atoms with E-state index in [-0.39, 0.29) is 34.4 Å². The van der Waals surface area contributed by atoms with Crippen LogP contribution in [0.15, 0.2) is 47.1 Å². The van der Waals surface area contributed by atoms with Crippen molar-refractivity contribution in [2.45, 2.75) is 18.1 Å². The first-order valence-corrected chi connectivity index (χ1v) is 11.5. The fraction of sp³-hybridized carbons (Fsp3) is 0.238. The first-order chi connectivity index (χ1) is 16.8. The van der Waals surface area contributed by atoms with E-state index >= 15 is 0 Å². The van der Waals surface area contributed by atoms with E-state index < -0.39 is 40.5 Å². The highest BCUT2D eigenvalue weighted by Crippen LogP contribution is 2.32. The molecule has 2 heterocycles. The largest absolute Gasteiger partial charge is 0.496 e. The zero-order chi connectivity index (χ0) is 26.7. The molecule has 1 N–H and O–H groups in total. The Hall–Kier alpha value is -3.62. The topological polar surface area (TPSA) is 89.4 Å². The van der Waals surface area contributed by atoms with Gasteiger partial charge < -0.3 is 10.1 Å². The lowest BCUT2D eigenvalue weighted by Gasteiger charge is -2.13. The van der Waals surface area contributed by atoms with E-state index in [1.807, 2.05) is 0 Å². The fourth-order valence-corrected chi connectivity index (χ4v) is 4.03. The highest BCUT2D eigenvalue weighted by molar-refractivity contribution is 7.86. The summed E-state index contributed by atoms with van der Waals surface area (Å²) >= 11 is 0. The lowest BCUT2D eigenvalue weighted by molar-refractivity contribution is -0.169. The minimum Gasteiger partial charge on any atom is -0.496 e. The first kappa shape index (κ1) is 27.0. The summed E-state index contributed by atoms with van der Waals surface area (Å²) in [5.74, 6) is -3.37. The number of nitrogens with one attached hydrogen (secondary N) is 1. The summed E-state index contributed by atoms with van der Waals surface area (Å²) < 4.78 is 99.2. The van der Waals surface area contributed by atoms with Crippen molar-refractivity contribution < 1.29 is 40.3 Å². The van der Waals surface area contributed by atoms with Gasteiger partial charge in [-0.15, -0.1) is 0 Å². The Morgan fingerprint density at radius 2 is 1.78 bits per heavy atom. The van der Waals surface area contributed by atoms with Crippen LogP contribution >= 0.6 is 0 Å². The number of amides is 1. The molecular weight excluding hydrogens is 519 g/mol. The van der Waals surface area contributed by atoms with Gasteiger partial charge >= 0.3 is 18.3 Å². The van der Waals surface area contributed by atoms with Crippen molar-refractivity contribution in [1.29, 1.82) is 0 Å². The van der Waals surface area contributed by atoms with Gasteiger partial charge in [0.25, 0.3) is 0 Å². The van der Waals surface area contributed by atoms with E-state index in [4.69, 9.17) is 4.74 Å². The molecule has 0 radical (unpaired) electrons. The second kappa shape index (κ2) is 10.6. The molecule has 192 valence electrons. The highest BCUT2D eigenvalue weighted by Gasteiger charge is 2.39. The number of pyridine rings is 1. The Bertz CT molecular complexity index is 1310. The molecule has 0 bridgehead atoms. The fourth-order valence-electron chi connectivity index (χ4n) is 2.93. The summed E-state index contributed by atoms with van der Waals surface area (Å²) in [6.45, 7) is 0. The van der Waals surface area contributed by atoms with Crippen LogP contribution in [-0.4, -0.2) is 40.4 Å². The molecule has 1 unspecified atom stereocenters. The third-order valence-corrected chi connectivity index (χ3v) is 5.62. The highest BCUT2D eigenvalue weighted by atomic mass is 32.2. The number of rotatable bonds is 6. The van der Waals surface area contributed by atoms with Gasteiger partial charge in [-0.25, -0.2) is 19.3 Å². The summed E-state index contributed by atoms with van der Waals surface area (Å²) in [5, 5.41) is 2.60. The lowest BCUT2D eigenvalue weighted by Crippen LogP contribution is -2.21. The summed E-state index contributed by atoms with van der Waals surface area (Å²) in [5.41, 5.74) is -0.723. The number of benzene rings is 1. The third kappa shape index (κ3) is 6.96. The number of aromatic nitrogens is 3. The zero-order valence-electron chi connectivity index (χ0n) is 18.4. The number of methoxy groups -OCH3 is 1. The number of halogens is 7. The van der Waals surface area contributed by atoms with Gasteiger partial charge in [0.15, 0.2) is 0 Å². The molecule has 3 aromatic rings. The maximum atomic E-state index is 13.5. The molecule has 2 aromatic heterocycles. The van der Waals surface area contributed by atoms with Crippen LogP contribution < -0.4 is 10.1 Å². The van der Waals surface area contributed by atoms with Crippen LogP contribution in [0.25, 0.3) is 11.3 Å². The number of ether oxygens (including phenoxy) is 1. The van der Waals surface area contributed by atoms with Crippen molar-refractivity contribution in [2.24, 2.45) is 4.36 Å². The van der Waals surface area contributed by atoms with Crippen molar-refractivity contribution in [2.75, 3.05) is 18.7 Å². The van der Waals surface area contributed by atoms with Gasteiger partial charge in [0.05, 0.1) is 12.8 Å². The van der Waals surface area contributed by atoms with E-state index in [9.17, 15) is 35.5 Å². The molecule has 15 heteroatoms. The van der Waals surface area contributed by atoms with Crippen LogP contribution in [0.1, 0.15) is 11.3 Å². The maximum Gasteiger partial charge on any atom is 0.474 e. The monoisotopic (exact) mass is 535 g/mol. The van der Waals surface area contributed by atoms with Crippen molar-refractivity contribution in [1.82, 2.24) is 15.0 Å². The summed E-state index contributed by atoms with van der Waals surface area (Å²) in [6, 6.07) is 6.89. The molecular formula is C21H16F7N5O2S. The van der Waals surface area contributed by atoms with Gasteiger partial charge in [0.2, 0.25) is 0 Å². The zero-order valence-corrected chi connectivity index (χ0v) is 19.2. The Morgan fingerprint density at radius 3 is 2.42 bits per heavy atom. The molecule has 0 aliphatic rings. The van der Waals surface area contributed by atoms with Crippen LogP contribution in [0.2, 0.25) is 0 Å². The van der Waals surface area contributed by atoms with Crippen molar-refractivity contribution in [3.05, 3.63) is 59.8 Å². The third-order valence-electron chi connectivity index (χ3n) is 4.40. The Labute approximate surface area is 201 Å². The second-order valence-electron chi connectivity index (χ2n) is 7.14. The smallest absolute Gasteiger partial charge is 0.474 e. The number of carbonyl (C=O) groups is 1. The van der Waals surface area contributed by atoms with Gasteiger partial charge in [-0.1, -0.05) is 10.7 Å². The van der Waals surface area contributed by atoms with E-state index in [0.29, 0.717) is 11.6 Å². The molecule has 0 fully saturated rings. The predicted octanol–water partition coefficient (Wildman–Crippen LogP) is 5.47. The Balaban J connectivity index is 1.95. The first-order valence-electron chi connectivity index (χ1n) is 9.73. The summed E-state index contributed by atoms with van der Waals surface area (Å²) in [6.07, 6.45) is -7.74. The summed E-state index contributed by atoms with van der Waals surface area (Å²) in [7, 11) is -0.237. The molecule has 36 heavy (non-hydrogen) atoms. The molecule has 0 spiro atoms. The van der Waals surface area contributed by atoms with Gasteiger partial charge in [0, 0.05) is 23.4 Å². The predicted molar refractivity (Wildman–Crippen MR) is 117 cm³/mol. The number of carbonyl (C=O) groups excluding carboxylic acids is 1. The number of anilines is 2. The van der Waals surface area contributed by atoms with E-state index in [1.54, 1.807) is 0 Å². The van der Waals surface area contributed by atoms with Gasteiger partial charge in [0.1, 0.15) is 35.2 Å². The standard InChI is InChI=1S/C21H16F7N5O2S/c1-35-15-7-12(22)3-4-13(15)14-8-17(30-10-29-14)32-18-6-11(5-16(31-18)20(23,24)25)9-36(2)33-19(34)21(26,27)28/h3-8,10H,9H2,1-2H3,(H,29,30,31,32). The van der Waals surface area contributed by atoms with Crippen molar-refractivity contribution in [3.63, 3.8) is 0 Å². The number of hydrogen-bond donors (Lipinski definition) is 1. The molecule has 0 saturated carbocycles. The van der Waals surface area contributed by atoms with E-state index in [1.165, 1.54) is 37.6 Å². The van der Waals surface area contributed by atoms with E-state index in [2.05, 4.69) is 24.6 Å². The van der Waals surface area contributed by atoms with Crippen LogP contribution in [0.4, 0.5) is 42.4 Å². The Kier molecular flexibility index (Phi) is 7.91. The normalized spacial score (nSPS) is 12.9. The average Bonchev–Trinajstić information content (AvgIpc) is 2.77. The number of alkyl halides is 6. The molecule has 0 aliphatic heterocycles. The number of hydrogen-bond acceptors (Lipinski definition) is 6. The van der Waals surface area contributed by atoms with Gasteiger partial charge in [-0.2, -0.15) is 30.7 Å². The number of nitrogens with zero attached hydrogens (tertiary/aromatic N) is 4. The second-order valence-corrected chi connectivity index (χ2v) is 8.81. The molecule has 1 amide bonds. The maximum absolute atomic E-state index is 13.5. The van der Waals surface area contributed by atoms with Crippen molar-refractivity contribution in [3.8, 4) is 17.0 Å². The lowest BCUT2D eigenvalue weighted by atomic mass is 10.1. The van der Waals surface area contributed by atoms with Crippen LogP contribution in [0.3, 0.4) is 0 Å². The molecule has 0 aliphatic carbocycles. The van der Waals surface area contributed by atoms with Crippen LogP contribution in [0.5, 0.6) is 5.75 Å². The van der Waals surface area contributed by atoms with Crippen LogP contribution in [-0.2, 0) is 27.4 Å². The van der Waals surface area contributed by atoms with Gasteiger partial charge in [-0.05, 0) is 36.1 Å².